The lowest BCUT2D eigenvalue weighted by Crippen LogP contribution is -2.42. The number of hydrogen-bond donors (Lipinski definition) is 1. The van der Waals surface area contributed by atoms with Crippen molar-refractivity contribution in [3.8, 4) is 11.5 Å². The SMILES string of the molecule is COc1ccc(C(CNS(=O)(=O)C2CCCC2)N2CCCCC2)cc1OC. The molecular formula is C20H32N2O4S. The Bertz CT molecular complexity index is 711. The van der Waals surface area contributed by atoms with Gasteiger partial charge in [-0.2, -0.15) is 0 Å². The van der Waals surface area contributed by atoms with Crippen LogP contribution in [-0.4, -0.2) is 52.4 Å². The fourth-order valence-corrected chi connectivity index (χ4v) is 5.84. The van der Waals surface area contributed by atoms with Gasteiger partial charge in [0.05, 0.1) is 19.5 Å². The summed E-state index contributed by atoms with van der Waals surface area (Å²) in [6.45, 7) is 2.38. The highest BCUT2D eigenvalue weighted by Gasteiger charge is 2.31. The van der Waals surface area contributed by atoms with Gasteiger partial charge in [0.2, 0.25) is 10.0 Å². The van der Waals surface area contributed by atoms with E-state index in [0.717, 1.165) is 57.2 Å². The number of nitrogens with one attached hydrogen (secondary N) is 1. The van der Waals surface area contributed by atoms with Crippen molar-refractivity contribution in [2.45, 2.75) is 56.2 Å². The molecule has 2 aliphatic rings. The van der Waals surface area contributed by atoms with Crippen LogP contribution in [0.4, 0.5) is 0 Å². The smallest absolute Gasteiger partial charge is 0.214 e. The number of hydrogen-bond acceptors (Lipinski definition) is 5. The Morgan fingerprint density at radius 2 is 1.70 bits per heavy atom. The van der Waals surface area contributed by atoms with Crippen molar-refractivity contribution >= 4 is 10.0 Å². The van der Waals surface area contributed by atoms with Gasteiger partial charge in [0.1, 0.15) is 0 Å². The zero-order valence-corrected chi connectivity index (χ0v) is 17.3. The van der Waals surface area contributed by atoms with Gasteiger partial charge in [-0.1, -0.05) is 25.3 Å². The van der Waals surface area contributed by atoms with E-state index in [9.17, 15) is 8.42 Å². The summed E-state index contributed by atoms with van der Waals surface area (Å²) in [5.41, 5.74) is 1.06. The van der Waals surface area contributed by atoms with Crippen LogP contribution >= 0.6 is 0 Å². The van der Waals surface area contributed by atoms with Gasteiger partial charge in [0.25, 0.3) is 0 Å². The highest BCUT2D eigenvalue weighted by Crippen LogP contribution is 2.33. The molecule has 7 heteroatoms. The molecule has 1 aliphatic heterocycles. The van der Waals surface area contributed by atoms with Crippen molar-refractivity contribution in [2.24, 2.45) is 0 Å². The molecule has 1 unspecified atom stereocenters. The maximum Gasteiger partial charge on any atom is 0.214 e. The van der Waals surface area contributed by atoms with E-state index in [1.165, 1.54) is 6.42 Å². The first-order valence-electron chi connectivity index (χ1n) is 9.99. The lowest BCUT2D eigenvalue weighted by atomic mass is 10.0. The average Bonchev–Trinajstić information content (AvgIpc) is 3.24. The third-order valence-corrected chi connectivity index (χ3v) is 7.76. The summed E-state index contributed by atoms with van der Waals surface area (Å²) in [5, 5.41) is -0.232. The molecule has 3 rings (SSSR count). The van der Waals surface area contributed by atoms with Gasteiger partial charge in [-0.05, 0) is 56.5 Å². The minimum absolute atomic E-state index is 0.00119. The second-order valence-electron chi connectivity index (χ2n) is 7.53. The van der Waals surface area contributed by atoms with Crippen LogP contribution in [0.25, 0.3) is 0 Å². The van der Waals surface area contributed by atoms with Crippen LogP contribution in [-0.2, 0) is 10.0 Å². The molecule has 2 fully saturated rings. The minimum atomic E-state index is -3.26. The van der Waals surface area contributed by atoms with E-state index in [4.69, 9.17) is 9.47 Å². The van der Waals surface area contributed by atoms with Crippen LogP contribution in [0.5, 0.6) is 11.5 Å². The largest absolute Gasteiger partial charge is 0.493 e. The Hall–Kier alpha value is -1.31. The predicted octanol–water partition coefficient (Wildman–Crippen LogP) is 3.09. The second kappa shape index (κ2) is 9.26. The number of rotatable bonds is 8. The lowest BCUT2D eigenvalue weighted by molar-refractivity contribution is 0.164. The van der Waals surface area contributed by atoms with Gasteiger partial charge < -0.3 is 9.47 Å². The van der Waals surface area contributed by atoms with Crippen molar-refractivity contribution in [1.82, 2.24) is 9.62 Å². The molecule has 0 spiro atoms. The lowest BCUT2D eigenvalue weighted by Gasteiger charge is -2.35. The Kier molecular flexibility index (Phi) is 7.00. The number of methoxy groups -OCH3 is 2. The van der Waals surface area contributed by atoms with E-state index in [1.807, 2.05) is 18.2 Å². The summed E-state index contributed by atoms with van der Waals surface area (Å²) < 4.78 is 39.1. The molecule has 1 aromatic rings. The van der Waals surface area contributed by atoms with E-state index < -0.39 is 10.0 Å². The molecular weight excluding hydrogens is 364 g/mol. The summed E-state index contributed by atoms with van der Waals surface area (Å²) in [5.74, 6) is 1.36. The van der Waals surface area contributed by atoms with Crippen molar-refractivity contribution in [3.05, 3.63) is 23.8 Å². The molecule has 1 aromatic carbocycles. The summed E-state index contributed by atoms with van der Waals surface area (Å²) in [6.07, 6.45) is 7.12. The summed E-state index contributed by atoms with van der Waals surface area (Å²) in [6, 6.07) is 5.89. The highest BCUT2D eigenvalue weighted by molar-refractivity contribution is 7.90. The number of sulfonamides is 1. The summed E-state index contributed by atoms with van der Waals surface area (Å²) >= 11 is 0. The number of nitrogens with zero attached hydrogens (tertiary/aromatic N) is 1. The Morgan fingerprint density at radius 1 is 1.04 bits per heavy atom. The molecule has 0 aromatic heterocycles. The zero-order valence-electron chi connectivity index (χ0n) is 16.4. The van der Waals surface area contributed by atoms with Gasteiger partial charge >= 0.3 is 0 Å². The maximum atomic E-state index is 12.7. The fourth-order valence-electron chi connectivity index (χ4n) is 4.26. The standard InChI is InChI=1S/C20H32N2O4S/c1-25-19-11-10-16(14-20(19)26-2)18(22-12-6-3-7-13-22)15-21-27(23,24)17-8-4-5-9-17/h10-11,14,17-18,21H,3-9,12-13,15H2,1-2H3. The van der Waals surface area contributed by atoms with Crippen molar-refractivity contribution < 1.29 is 17.9 Å². The molecule has 0 radical (unpaired) electrons. The summed E-state index contributed by atoms with van der Waals surface area (Å²) in [4.78, 5) is 2.39. The third kappa shape index (κ3) is 4.95. The van der Waals surface area contributed by atoms with E-state index in [-0.39, 0.29) is 11.3 Å². The molecule has 6 nitrogen and oxygen atoms in total. The van der Waals surface area contributed by atoms with E-state index in [2.05, 4.69) is 9.62 Å². The fraction of sp³-hybridized carbons (Fsp3) is 0.700. The molecule has 152 valence electrons. The molecule has 0 amide bonds. The second-order valence-corrected chi connectivity index (χ2v) is 9.57. The first-order chi connectivity index (χ1) is 13.0. The zero-order chi connectivity index (χ0) is 19.3. The van der Waals surface area contributed by atoms with Gasteiger partial charge in [0.15, 0.2) is 11.5 Å². The number of likely N-dealkylation sites (tertiary alicyclic amines) is 1. The van der Waals surface area contributed by atoms with Crippen molar-refractivity contribution in [2.75, 3.05) is 33.9 Å². The van der Waals surface area contributed by atoms with Crippen molar-refractivity contribution in [3.63, 3.8) is 0 Å². The van der Waals surface area contributed by atoms with E-state index in [1.54, 1.807) is 14.2 Å². The van der Waals surface area contributed by atoms with Crippen LogP contribution in [0.2, 0.25) is 0 Å². The molecule has 1 aliphatic carbocycles. The normalized spacial score (nSPS) is 20.5. The first kappa shape index (κ1) is 20.4. The van der Waals surface area contributed by atoms with Gasteiger partial charge in [0, 0.05) is 12.6 Å². The molecule has 0 bridgehead atoms. The van der Waals surface area contributed by atoms with Gasteiger partial charge in [-0.25, -0.2) is 13.1 Å². The highest BCUT2D eigenvalue weighted by atomic mass is 32.2. The molecule has 1 atom stereocenters. The molecule has 27 heavy (non-hydrogen) atoms. The minimum Gasteiger partial charge on any atom is -0.493 e. The van der Waals surface area contributed by atoms with Gasteiger partial charge in [-0.3, -0.25) is 4.90 Å². The maximum absolute atomic E-state index is 12.7. The molecule has 1 saturated carbocycles. The monoisotopic (exact) mass is 396 g/mol. The first-order valence-corrected chi connectivity index (χ1v) is 11.5. The molecule has 1 N–H and O–H groups in total. The van der Waals surface area contributed by atoms with Crippen LogP contribution in [0, 0.1) is 0 Å². The Morgan fingerprint density at radius 3 is 2.33 bits per heavy atom. The predicted molar refractivity (Wildman–Crippen MR) is 107 cm³/mol. The third-order valence-electron chi connectivity index (χ3n) is 5.84. The van der Waals surface area contributed by atoms with Crippen molar-refractivity contribution in [1.29, 1.82) is 0 Å². The molecule has 1 heterocycles. The quantitative estimate of drug-likeness (QED) is 0.731. The Labute approximate surface area is 163 Å². The Balaban J connectivity index is 1.80. The number of piperidine rings is 1. The van der Waals surface area contributed by atoms with E-state index in [0.29, 0.717) is 18.0 Å². The molecule has 1 saturated heterocycles. The van der Waals surface area contributed by atoms with Gasteiger partial charge in [-0.15, -0.1) is 0 Å². The average molecular weight is 397 g/mol. The number of benzene rings is 1. The van der Waals surface area contributed by atoms with Crippen LogP contribution in [0.15, 0.2) is 18.2 Å². The summed E-state index contributed by atoms with van der Waals surface area (Å²) in [7, 11) is -0.0171. The van der Waals surface area contributed by atoms with Crippen LogP contribution < -0.4 is 14.2 Å². The van der Waals surface area contributed by atoms with Crippen LogP contribution in [0.3, 0.4) is 0 Å². The van der Waals surface area contributed by atoms with Crippen LogP contribution in [0.1, 0.15) is 56.6 Å². The number of ether oxygens (including phenoxy) is 2. The topological polar surface area (TPSA) is 67.9 Å². The van der Waals surface area contributed by atoms with E-state index >= 15 is 0 Å².